The summed E-state index contributed by atoms with van der Waals surface area (Å²) in [4.78, 5) is 11.9. The highest BCUT2D eigenvalue weighted by Gasteiger charge is 2.36. The molecular formula is C12H14F2N2O. The summed E-state index contributed by atoms with van der Waals surface area (Å²) >= 11 is 0. The van der Waals surface area contributed by atoms with E-state index in [1.54, 1.807) is 6.92 Å². The van der Waals surface area contributed by atoms with Crippen molar-refractivity contribution < 1.29 is 13.6 Å². The molecule has 5 heteroatoms. The SMILES string of the molecule is CC1(C(=O)Nc2cccc(F)c2F)CCCN1. The molecule has 0 aliphatic carbocycles. The van der Waals surface area contributed by atoms with Crippen LogP contribution in [0.5, 0.6) is 0 Å². The second kappa shape index (κ2) is 4.41. The van der Waals surface area contributed by atoms with E-state index in [4.69, 9.17) is 0 Å². The minimum Gasteiger partial charge on any atom is -0.322 e. The first kappa shape index (κ1) is 12.0. The van der Waals surface area contributed by atoms with E-state index in [-0.39, 0.29) is 11.6 Å². The fraction of sp³-hybridized carbons (Fsp3) is 0.417. The summed E-state index contributed by atoms with van der Waals surface area (Å²) in [5, 5.41) is 5.48. The van der Waals surface area contributed by atoms with Gasteiger partial charge in [-0.2, -0.15) is 0 Å². The molecule has 1 aliphatic rings. The summed E-state index contributed by atoms with van der Waals surface area (Å²) in [6, 6.07) is 3.72. The number of carbonyl (C=O) groups excluding carboxylic acids is 1. The fourth-order valence-electron chi connectivity index (χ4n) is 1.95. The number of nitrogens with one attached hydrogen (secondary N) is 2. The monoisotopic (exact) mass is 240 g/mol. The van der Waals surface area contributed by atoms with Gasteiger partial charge < -0.3 is 10.6 Å². The van der Waals surface area contributed by atoms with Crippen molar-refractivity contribution >= 4 is 11.6 Å². The van der Waals surface area contributed by atoms with Crippen LogP contribution in [0.4, 0.5) is 14.5 Å². The molecule has 92 valence electrons. The third-order valence-electron chi connectivity index (χ3n) is 3.07. The molecule has 17 heavy (non-hydrogen) atoms. The summed E-state index contributed by atoms with van der Waals surface area (Å²) in [5.41, 5.74) is -0.816. The van der Waals surface area contributed by atoms with Gasteiger partial charge >= 0.3 is 0 Å². The van der Waals surface area contributed by atoms with Gasteiger partial charge in [-0.05, 0) is 38.4 Å². The molecule has 0 saturated carbocycles. The Balaban J connectivity index is 2.16. The predicted molar refractivity (Wildman–Crippen MR) is 60.6 cm³/mol. The lowest BCUT2D eigenvalue weighted by atomic mass is 9.99. The Labute approximate surface area is 98.2 Å². The minimum atomic E-state index is -1.03. The maximum Gasteiger partial charge on any atom is 0.244 e. The Morgan fingerprint density at radius 3 is 2.88 bits per heavy atom. The van der Waals surface area contributed by atoms with Crippen molar-refractivity contribution in [1.82, 2.24) is 5.32 Å². The Kier molecular flexibility index (Phi) is 3.11. The molecule has 1 saturated heterocycles. The summed E-state index contributed by atoms with van der Waals surface area (Å²) in [6.07, 6.45) is 1.59. The average Bonchev–Trinajstić information content (AvgIpc) is 2.73. The first-order valence-corrected chi connectivity index (χ1v) is 5.53. The van der Waals surface area contributed by atoms with Crippen LogP contribution in [-0.2, 0) is 4.79 Å². The number of amides is 1. The first-order valence-electron chi connectivity index (χ1n) is 5.53. The molecular weight excluding hydrogens is 226 g/mol. The molecule has 1 aromatic carbocycles. The number of benzene rings is 1. The second-order valence-corrected chi connectivity index (χ2v) is 4.42. The molecule has 2 rings (SSSR count). The minimum absolute atomic E-state index is 0.120. The van der Waals surface area contributed by atoms with E-state index in [2.05, 4.69) is 10.6 Å². The smallest absolute Gasteiger partial charge is 0.244 e. The topological polar surface area (TPSA) is 41.1 Å². The van der Waals surface area contributed by atoms with Crippen LogP contribution in [0.15, 0.2) is 18.2 Å². The van der Waals surface area contributed by atoms with Crippen molar-refractivity contribution in [3.05, 3.63) is 29.8 Å². The fourth-order valence-corrected chi connectivity index (χ4v) is 1.95. The number of rotatable bonds is 2. The van der Waals surface area contributed by atoms with Gasteiger partial charge in [-0.3, -0.25) is 4.79 Å². The lowest BCUT2D eigenvalue weighted by molar-refractivity contribution is -0.121. The second-order valence-electron chi connectivity index (χ2n) is 4.42. The van der Waals surface area contributed by atoms with E-state index >= 15 is 0 Å². The molecule has 1 atom stereocenters. The molecule has 3 nitrogen and oxygen atoms in total. The van der Waals surface area contributed by atoms with Gasteiger partial charge in [-0.1, -0.05) is 6.07 Å². The van der Waals surface area contributed by atoms with E-state index in [0.29, 0.717) is 6.42 Å². The van der Waals surface area contributed by atoms with Crippen molar-refractivity contribution in [3.8, 4) is 0 Å². The molecule has 1 aliphatic heterocycles. The predicted octanol–water partition coefficient (Wildman–Crippen LogP) is 2.05. The lowest BCUT2D eigenvalue weighted by Gasteiger charge is -2.23. The Morgan fingerprint density at radius 1 is 1.47 bits per heavy atom. The van der Waals surface area contributed by atoms with E-state index in [1.807, 2.05) is 0 Å². The van der Waals surface area contributed by atoms with E-state index in [9.17, 15) is 13.6 Å². The number of halogens is 2. The van der Waals surface area contributed by atoms with Crippen LogP contribution in [0, 0.1) is 11.6 Å². The molecule has 1 amide bonds. The Bertz CT molecular complexity index is 442. The zero-order valence-corrected chi connectivity index (χ0v) is 9.52. The Morgan fingerprint density at radius 2 is 2.24 bits per heavy atom. The van der Waals surface area contributed by atoms with Gasteiger partial charge in [0.1, 0.15) is 0 Å². The number of hydrogen-bond donors (Lipinski definition) is 2. The van der Waals surface area contributed by atoms with Gasteiger partial charge in [0.05, 0.1) is 11.2 Å². The summed E-state index contributed by atoms with van der Waals surface area (Å²) < 4.78 is 26.3. The highest BCUT2D eigenvalue weighted by Crippen LogP contribution is 2.22. The third kappa shape index (κ3) is 2.29. The highest BCUT2D eigenvalue weighted by atomic mass is 19.2. The quantitative estimate of drug-likeness (QED) is 0.830. The standard InChI is InChI=1S/C12H14F2N2O/c1-12(6-3-7-15-12)11(17)16-9-5-2-4-8(13)10(9)14/h2,4-5,15H,3,6-7H2,1H3,(H,16,17). The van der Waals surface area contributed by atoms with Crippen LogP contribution in [0.2, 0.25) is 0 Å². The van der Waals surface area contributed by atoms with Crippen molar-refractivity contribution in [3.63, 3.8) is 0 Å². The zero-order chi connectivity index (χ0) is 12.5. The van der Waals surface area contributed by atoms with Crippen LogP contribution in [0.25, 0.3) is 0 Å². The zero-order valence-electron chi connectivity index (χ0n) is 9.52. The van der Waals surface area contributed by atoms with Crippen LogP contribution in [0.1, 0.15) is 19.8 Å². The molecule has 0 aromatic heterocycles. The van der Waals surface area contributed by atoms with Crippen LogP contribution < -0.4 is 10.6 Å². The lowest BCUT2D eigenvalue weighted by Crippen LogP contribution is -2.48. The molecule has 0 radical (unpaired) electrons. The van der Waals surface area contributed by atoms with Gasteiger partial charge in [0, 0.05) is 0 Å². The maximum absolute atomic E-state index is 13.4. The summed E-state index contributed by atoms with van der Waals surface area (Å²) in [5.74, 6) is -2.32. The maximum atomic E-state index is 13.4. The Hall–Kier alpha value is -1.49. The molecule has 1 fully saturated rings. The summed E-state index contributed by atoms with van der Waals surface area (Å²) in [7, 11) is 0. The highest BCUT2D eigenvalue weighted by molar-refractivity contribution is 5.98. The van der Waals surface area contributed by atoms with Gasteiger partial charge in [0.25, 0.3) is 0 Å². The van der Waals surface area contributed by atoms with Gasteiger partial charge in [-0.15, -0.1) is 0 Å². The van der Waals surface area contributed by atoms with Crippen LogP contribution >= 0.6 is 0 Å². The van der Waals surface area contributed by atoms with E-state index < -0.39 is 17.2 Å². The van der Waals surface area contributed by atoms with E-state index in [1.165, 1.54) is 12.1 Å². The third-order valence-corrected chi connectivity index (χ3v) is 3.07. The van der Waals surface area contributed by atoms with Crippen molar-refractivity contribution in [2.45, 2.75) is 25.3 Å². The number of carbonyl (C=O) groups is 1. The van der Waals surface area contributed by atoms with Crippen LogP contribution in [0.3, 0.4) is 0 Å². The largest absolute Gasteiger partial charge is 0.322 e. The molecule has 0 bridgehead atoms. The van der Waals surface area contributed by atoms with Crippen LogP contribution in [-0.4, -0.2) is 18.0 Å². The summed E-state index contributed by atoms with van der Waals surface area (Å²) in [6.45, 7) is 2.52. The number of anilines is 1. The van der Waals surface area contributed by atoms with Crippen molar-refractivity contribution in [2.75, 3.05) is 11.9 Å². The molecule has 1 aromatic rings. The molecule has 1 heterocycles. The van der Waals surface area contributed by atoms with Gasteiger partial charge in [0.2, 0.25) is 5.91 Å². The van der Waals surface area contributed by atoms with Crippen molar-refractivity contribution in [2.24, 2.45) is 0 Å². The molecule has 0 spiro atoms. The average molecular weight is 240 g/mol. The molecule has 2 N–H and O–H groups in total. The number of hydrogen-bond acceptors (Lipinski definition) is 2. The van der Waals surface area contributed by atoms with Gasteiger partial charge in [-0.25, -0.2) is 8.78 Å². The van der Waals surface area contributed by atoms with E-state index in [0.717, 1.165) is 19.0 Å². The van der Waals surface area contributed by atoms with Gasteiger partial charge in [0.15, 0.2) is 11.6 Å². The molecule has 1 unspecified atom stereocenters. The van der Waals surface area contributed by atoms with Crippen molar-refractivity contribution in [1.29, 1.82) is 0 Å². The normalized spacial score (nSPS) is 23.7. The first-order chi connectivity index (χ1) is 8.03.